The number of hydrogen-bond donors (Lipinski definition) is 1. The van der Waals surface area contributed by atoms with Crippen molar-refractivity contribution in [2.45, 2.75) is 57.9 Å². The van der Waals surface area contributed by atoms with Crippen LogP contribution in [0.15, 0.2) is 4.99 Å². The average Bonchev–Trinajstić information content (AvgIpc) is 2.65. The Hall–Kier alpha value is -1.30. The van der Waals surface area contributed by atoms with Crippen LogP contribution in [-0.4, -0.2) is 86.0 Å². The van der Waals surface area contributed by atoms with Gasteiger partial charge in [-0.3, -0.25) is 9.69 Å². The number of carbonyl (C=O) groups excluding carboxylic acids is 1. The van der Waals surface area contributed by atoms with Gasteiger partial charge in [-0.05, 0) is 19.3 Å². The van der Waals surface area contributed by atoms with E-state index in [0.29, 0.717) is 0 Å². The van der Waals surface area contributed by atoms with Crippen molar-refractivity contribution in [3.63, 3.8) is 0 Å². The van der Waals surface area contributed by atoms with Crippen molar-refractivity contribution in [2.75, 3.05) is 53.4 Å². The lowest BCUT2D eigenvalue weighted by Crippen LogP contribution is -2.55. The van der Waals surface area contributed by atoms with E-state index in [1.54, 1.807) is 19.0 Å². The molecule has 0 aromatic carbocycles. The Labute approximate surface area is 153 Å². The second-order valence-corrected chi connectivity index (χ2v) is 7.52. The molecule has 0 bridgehead atoms. The molecule has 2 aliphatic rings. The lowest BCUT2D eigenvalue weighted by Gasteiger charge is -2.41. The van der Waals surface area contributed by atoms with Crippen molar-refractivity contribution in [3.05, 3.63) is 0 Å². The normalized spacial score (nSPS) is 20.6. The quantitative estimate of drug-likeness (QED) is 0.450. The van der Waals surface area contributed by atoms with Crippen LogP contribution in [0.2, 0.25) is 0 Å². The monoisotopic (exact) mass is 351 g/mol. The van der Waals surface area contributed by atoms with Gasteiger partial charge in [-0.1, -0.05) is 32.6 Å². The molecule has 0 spiro atoms. The molecule has 1 aliphatic carbocycles. The van der Waals surface area contributed by atoms with E-state index in [1.807, 2.05) is 0 Å². The fraction of sp³-hybridized carbons (Fsp3) is 0.895. The summed E-state index contributed by atoms with van der Waals surface area (Å²) in [5.41, 5.74) is 0. The summed E-state index contributed by atoms with van der Waals surface area (Å²) in [6.07, 6.45) is 9.22. The minimum absolute atomic E-state index is 0.0515. The summed E-state index contributed by atoms with van der Waals surface area (Å²) < 4.78 is 0. The Bertz CT molecular complexity index is 424. The summed E-state index contributed by atoms with van der Waals surface area (Å²) in [4.78, 5) is 23.1. The third kappa shape index (κ3) is 6.49. The number of nitrogens with one attached hydrogen (secondary N) is 1. The number of rotatable bonds is 6. The first-order valence-electron chi connectivity index (χ1n) is 10.1. The largest absolute Gasteiger partial charge is 0.356 e. The molecule has 2 fully saturated rings. The Kier molecular flexibility index (Phi) is 8.52. The van der Waals surface area contributed by atoms with Crippen LogP contribution in [0, 0.1) is 0 Å². The molecule has 1 saturated carbocycles. The Morgan fingerprint density at radius 3 is 2.40 bits per heavy atom. The number of aliphatic imine (C=N–C) groups is 1. The van der Waals surface area contributed by atoms with Crippen LogP contribution in [0.25, 0.3) is 0 Å². The van der Waals surface area contributed by atoms with E-state index in [2.05, 4.69) is 27.0 Å². The number of carbonyl (C=O) groups is 1. The van der Waals surface area contributed by atoms with Crippen LogP contribution >= 0.6 is 0 Å². The molecule has 25 heavy (non-hydrogen) atoms. The Morgan fingerprint density at radius 1 is 1.12 bits per heavy atom. The molecule has 0 radical (unpaired) electrons. The molecule has 0 aromatic heterocycles. The number of guanidine groups is 1. The molecule has 1 saturated heterocycles. The van der Waals surface area contributed by atoms with Crippen molar-refractivity contribution < 1.29 is 4.79 Å². The standard InChI is InChI=1S/C19H37N5O/c1-4-5-11-20-19(21-16-18(25)22(2)3)24-14-12-23(13-15-24)17-9-7-6-8-10-17/h17H,4-16H2,1-3H3,(H,20,21). The van der Waals surface area contributed by atoms with E-state index in [1.165, 1.54) is 32.1 Å². The molecule has 1 heterocycles. The number of amides is 1. The number of likely N-dealkylation sites (N-methyl/N-ethyl adjacent to an activating group) is 1. The molecule has 1 aliphatic heterocycles. The first kappa shape index (κ1) is 20.0. The molecule has 1 N–H and O–H groups in total. The maximum Gasteiger partial charge on any atom is 0.243 e. The minimum Gasteiger partial charge on any atom is -0.356 e. The number of unbranched alkanes of at least 4 members (excludes halogenated alkanes) is 1. The first-order chi connectivity index (χ1) is 12.1. The van der Waals surface area contributed by atoms with Gasteiger partial charge in [-0.2, -0.15) is 0 Å². The topological polar surface area (TPSA) is 51.2 Å². The number of piperazine rings is 1. The lowest BCUT2D eigenvalue weighted by molar-refractivity contribution is -0.127. The third-order valence-electron chi connectivity index (χ3n) is 5.38. The molecule has 2 rings (SSSR count). The third-order valence-corrected chi connectivity index (χ3v) is 5.38. The van der Waals surface area contributed by atoms with E-state index >= 15 is 0 Å². The predicted octanol–water partition coefficient (Wildman–Crippen LogP) is 1.77. The van der Waals surface area contributed by atoms with Crippen LogP contribution in [0.5, 0.6) is 0 Å². The summed E-state index contributed by atoms with van der Waals surface area (Å²) in [5.74, 6) is 0.961. The van der Waals surface area contributed by atoms with Crippen molar-refractivity contribution in [2.24, 2.45) is 4.99 Å². The minimum atomic E-state index is 0.0515. The van der Waals surface area contributed by atoms with Gasteiger partial charge in [0.2, 0.25) is 5.91 Å². The molecule has 6 heteroatoms. The highest BCUT2D eigenvalue weighted by atomic mass is 16.2. The fourth-order valence-corrected chi connectivity index (χ4v) is 3.67. The van der Waals surface area contributed by atoms with Crippen LogP contribution in [0.3, 0.4) is 0 Å². The average molecular weight is 352 g/mol. The van der Waals surface area contributed by atoms with E-state index in [0.717, 1.165) is 57.6 Å². The van der Waals surface area contributed by atoms with Crippen LogP contribution in [0.1, 0.15) is 51.9 Å². The van der Waals surface area contributed by atoms with Gasteiger partial charge in [0, 0.05) is 52.9 Å². The van der Waals surface area contributed by atoms with Crippen molar-refractivity contribution >= 4 is 11.9 Å². The number of nitrogens with zero attached hydrogens (tertiary/aromatic N) is 4. The molecule has 6 nitrogen and oxygen atoms in total. The zero-order valence-electron chi connectivity index (χ0n) is 16.5. The van der Waals surface area contributed by atoms with Crippen LogP contribution in [-0.2, 0) is 4.79 Å². The SMILES string of the molecule is CCCCNC(=NCC(=O)N(C)C)N1CCN(C2CCCCC2)CC1. The molecule has 0 aromatic rings. The van der Waals surface area contributed by atoms with Gasteiger partial charge >= 0.3 is 0 Å². The van der Waals surface area contributed by atoms with Gasteiger partial charge in [0.15, 0.2) is 5.96 Å². The van der Waals surface area contributed by atoms with Gasteiger partial charge < -0.3 is 15.1 Å². The van der Waals surface area contributed by atoms with E-state index in [9.17, 15) is 4.79 Å². The fourth-order valence-electron chi connectivity index (χ4n) is 3.67. The molecule has 1 amide bonds. The lowest BCUT2D eigenvalue weighted by atomic mass is 9.94. The molecule has 0 unspecified atom stereocenters. The Balaban J connectivity index is 1.88. The molecule has 144 valence electrons. The molecular weight excluding hydrogens is 314 g/mol. The first-order valence-corrected chi connectivity index (χ1v) is 10.1. The van der Waals surface area contributed by atoms with Gasteiger partial charge in [0.05, 0.1) is 0 Å². The van der Waals surface area contributed by atoms with Gasteiger partial charge in [-0.25, -0.2) is 4.99 Å². The van der Waals surface area contributed by atoms with Crippen molar-refractivity contribution in [1.82, 2.24) is 20.0 Å². The highest BCUT2D eigenvalue weighted by molar-refractivity contribution is 5.84. The second-order valence-electron chi connectivity index (χ2n) is 7.52. The molecular formula is C19H37N5O. The summed E-state index contributed by atoms with van der Waals surface area (Å²) in [5, 5.41) is 3.47. The Morgan fingerprint density at radius 2 is 1.80 bits per heavy atom. The summed E-state index contributed by atoms with van der Waals surface area (Å²) in [6, 6.07) is 0.791. The zero-order chi connectivity index (χ0) is 18.1. The summed E-state index contributed by atoms with van der Waals surface area (Å²) in [6.45, 7) is 7.58. The van der Waals surface area contributed by atoms with E-state index < -0.39 is 0 Å². The smallest absolute Gasteiger partial charge is 0.243 e. The van der Waals surface area contributed by atoms with Gasteiger partial charge in [0.1, 0.15) is 6.54 Å². The van der Waals surface area contributed by atoms with E-state index in [-0.39, 0.29) is 12.5 Å². The van der Waals surface area contributed by atoms with E-state index in [4.69, 9.17) is 0 Å². The summed E-state index contributed by atoms with van der Waals surface area (Å²) in [7, 11) is 3.57. The predicted molar refractivity (Wildman–Crippen MR) is 104 cm³/mol. The maximum atomic E-state index is 11.9. The highest BCUT2D eigenvalue weighted by Crippen LogP contribution is 2.23. The van der Waals surface area contributed by atoms with Gasteiger partial charge in [-0.15, -0.1) is 0 Å². The number of hydrogen-bond acceptors (Lipinski definition) is 3. The zero-order valence-corrected chi connectivity index (χ0v) is 16.5. The van der Waals surface area contributed by atoms with Crippen LogP contribution in [0.4, 0.5) is 0 Å². The van der Waals surface area contributed by atoms with Crippen molar-refractivity contribution in [1.29, 1.82) is 0 Å². The maximum absolute atomic E-state index is 11.9. The summed E-state index contributed by atoms with van der Waals surface area (Å²) >= 11 is 0. The molecule has 0 atom stereocenters. The second kappa shape index (κ2) is 10.6. The highest BCUT2D eigenvalue weighted by Gasteiger charge is 2.26. The van der Waals surface area contributed by atoms with Crippen LogP contribution < -0.4 is 5.32 Å². The van der Waals surface area contributed by atoms with Crippen molar-refractivity contribution in [3.8, 4) is 0 Å². The van der Waals surface area contributed by atoms with Gasteiger partial charge in [0.25, 0.3) is 0 Å².